The highest BCUT2D eigenvalue weighted by molar-refractivity contribution is 6.43. The van der Waals surface area contributed by atoms with Crippen LogP contribution in [0.5, 0.6) is 11.5 Å². The number of hydrogen-bond donors (Lipinski definition) is 0. The van der Waals surface area contributed by atoms with Crippen LogP contribution in [0, 0.1) is 6.92 Å². The predicted octanol–water partition coefficient (Wildman–Crippen LogP) is 4.74. The van der Waals surface area contributed by atoms with Crippen molar-refractivity contribution in [2.45, 2.75) is 57.6 Å². The number of rotatable bonds is 12. The van der Waals surface area contributed by atoms with Gasteiger partial charge in [-0.15, -0.1) is 13.2 Å². The molecule has 1 unspecified atom stereocenters. The van der Waals surface area contributed by atoms with Crippen molar-refractivity contribution in [1.82, 2.24) is 9.88 Å². The lowest BCUT2D eigenvalue weighted by molar-refractivity contribution is -0.157. The highest BCUT2D eigenvalue weighted by Gasteiger charge is 2.39. The summed E-state index contributed by atoms with van der Waals surface area (Å²) < 4.78 is 16.7. The second-order valence-electron chi connectivity index (χ2n) is 10.0. The van der Waals surface area contributed by atoms with E-state index in [9.17, 15) is 14.4 Å². The summed E-state index contributed by atoms with van der Waals surface area (Å²) in [5, 5.41) is 0. The summed E-state index contributed by atoms with van der Waals surface area (Å²) in [4.78, 5) is 45.5. The van der Waals surface area contributed by atoms with Crippen LogP contribution in [0.2, 0.25) is 0 Å². The van der Waals surface area contributed by atoms with Gasteiger partial charge in [-0.25, -0.2) is 4.79 Å². The monoisotopic (exact) mass is 590 g/mol. The fraction of sp³-hybridized carbons (Fsp3) is 0.353. The van der Waals surface area contributed by atoms with Crippen LogP contribution < -0.4 is 9.47 Å². The van der Waals surface area contributed by atoms with Crippen molar-refractivity contribution >= 4 is 17.7 Å². The number of carbonyl (C=O) groups is 3. The molecule has 230 valence electrons. The van der Waals surface area contributed by atoms with Gasteiger partial charge in [0.05, 0.1) is 14.2 Å². The van der Waals surface area contributed by atoms with Gasteiger partial charge in [-0.2, -0.15) is 0 Å². The van der Waals surface area contributed by atoms with E-state index in [2.05, 4.69) is 18.1 Å². The fourth-order valence-corrected chi connectivity index (χ4v) is 5.20. The molecule has 0 bridgehead atoms. The van der Waals surface area contributed by atoms with Gasteiger partial charge in [0, 0.05) is 30.9 Å². The lowest BCUT2D eigenvalue weighted by Crippen LogP contribution is -2.45. The van der Waals surface area contributed by atoms with E-state index in [4.69, 9.17) is 14.2 Å². The number of methoxy groups -OCH3 is 2. The van der Waals surface area contributed by atoms with Gasteiger partial charge in [0.25, 0.3) is 11.7 Å². The SMILES string of the molecule is C=C.COc1cc(C(=O)C(=O)N2CCC[C@@H]2C(=O)OC(CCCc2cccnc2)Cc2ccccc2)cc(C)c1OC.O. The van der Waals surface area contributed by atoms with Crippen LogP contribution >= 0.6 is 0 Å². The van der Waals surface area contributed by atoms with E-state index in [0.29, 0.717) is 49.3 Å². The third-order valence-corrected chi connectivity index (χ3v) is 7.21. The number of likely N-dealkylation sites (tertiary alicyclic amines) is 1. The standard InChI is InChI=1S/C32H36N2O6.C2H4.H2O/c1-22-18-25(20-28(38-2)30(22)39-3)29(35)31(36)34-17-9-15-27(34)32(37)40-26(19-23-10-5-4-6-11-23)14-7-12-24-13-8-16-33-21-24;1-2;/h4-6,8,10-11,13,16,18,20-21,26-27H,7,9,12,14-15,17,19H2,1-3H3;1-2H2;1H2/t26?,27-;;/m1../s1. The van der Waals surface area contributed by atoms with Crippen LogP contribution in [-0.2, 0) is 27.2 Å². The van der Waals surface area contributed by atoms with Gasteiger partial charge in [0.2, 0.25) is 0 Å². The number of nitrogens with zero attached hydrogens (tertiary/aromatic N) is 2. The van der Waals surface area contributed by atoms with E-state index >= 15 is 0 Å². The molecule has 2 atom stereocenters. The minimum Gasteiger partial charge on any atom is -0.493 e. The van der Waals surface area contributed by atoms with Crippen LogP contribution in [0.15, 0.2) is 80.1 Å². The van der Waals surface area contributed by atoms with Gasteiger partial charge in [-0.1, -0.05) is 36.4 Å². The maximum Gasteiger partial charge on any atom is 0.329 e. The molecule has 0 radical (unpaired) electrons. The van der Waals surface area contributed by atoms with Crippen molar-refractivity contribution in [3.05, 3.63) is 102 Å². The molecule has 9 heteroatoms. The molecule has 2 heterocycles. The first-order valence-corrected chi connectivity index (χ1v) is 14.1. The quantitative estimate of drug-likeness (QED) is 0.129. The zero-order valence-electron chi connectivity index (χ0n) is 25.2. The number of aryl methyl sites for hydroxylation is 2. The molecule has 0 aliphatic carbocycles. The van der Waals surface area contributed by atoms with E-state index in [0.717, 1.165) is 24.0 Å². The Bertz CT molecular complexity index is 1330. The number of pyridine rings is 1. The Kier molecular flexibility index (Phi) is 14.1. The summed E-state index contributed by atoms with van der Waals surface area (Å²) in [6.45, 7) is 8.10. The number of esters is 1. The number of carbonyl (C=O) groups excluding carboxylic acids is 3. The van der Waals surface area contributed by atoms with Gasteiger partial charge in [0.15, 0.2) is 11.5 Å². The molecule has 0 spiro atoms. The zero-order chi connectivity index (χ0) is 30.5. The van der Waals surface area contributed by atoms with Crippen molar-refractivity contribution < 1.29 is 34.1 Å². The number of ketones is 1. The maximum absolute atomic E-state index is 13.4. The number of amides is 1. The van der Waals surface area contributed by atoms with Crippen molar-refractivity contribution in [2.24, 2.45) is 0 Å². The minimum atomic E-state index is -0.797. The highest BCUT2D eigenvalue weighted by Crippen LogP contribution is 2.32. The first-order chi connectivity index (χ1) is 20.4. The molecule has 1 fully saturated rings. The van der Waals surface area contributed by atoms with Gasteiger partial charge in [-0.3, -0.25) is 14.6 Å². The smallest absolute Gasteiger partial charge is 0.329 e. The largest absolute Gasteiger partial charge is 0.493 e. The average Bonchev–Trinajstić information content (AvgIpc) is 3.52. The van der Waals surface area contributed by atoms with E-state index in [1.807, 2.05) is 48.7 Å². The molecular weight excluding hydrogens is 548 g/mol. The van der Waals surface area contributed by atoms with Gasteiger partial charge >= 0.3 is 5.97 Å². The topological polar surface area (TPSA) is 127 Å². The van der Waals surface area contributed by atoms with Gasteiger partial charge < -0.3 is 24.6 Å². The van der Waals surface area contributed by atoms with Crippen molar-refractivity contribution in [3.63, 3.8) is 0 Å². The lowest BCUT2D eigenvalue weighted by atomic mass is 10.0. The molecular formula is C34H42N2O7. The second-order valence-corrected chi connectivity index (χ2v) is 10.0. The van der Waals surface area contributed by atoms with Gasteiger partial charge in [0.1, 0.15) is 12.1 Å². The Morgan fingerprint density at radius 2 is 1.74 bits per heavy atom. The van der Waals surface area contributed by atoms with Crippen LogP contribution in [0.25, 0.3) is 0 Å². The third kappa shape index (κ3) is 9.24. The van der Waals surface area contributed by atoms with Crippen LogP contribution in [0.1, 0.15) is 52.7 Å². The van der Waals surface area contributed by atoms with Crippen LogP contribution in [0.4, 0.5) is 0 Å². The van der Waals surface area contributed by atoms with E-state index in [1.54, 1.807) is 19.2 Å². The number of benzene rings is 2. The summed E-state index contributed by atoms with van der Waals surface area (Å²) in [7, 11) is 2.99. The molecule has 0 saturated carbocycles. The Balaban J connectivity index is 0.00000211. The molecule has 2 aromatic carbocycles. The fourth-order valence-electron chi connectivity index (χ4n) is 5.20. The molecule has 4 rings (SSSR count). The minimum absolute atomic E-state index is 0. The number of aromatic nitrogens is 1. The van der Waals surface area contributed by atoms with E-state index < -0.39 is 23.7 Å². The molecule has 1 saturated heterocycles. The maximum atomic E-state index is 13.4. The molecule has 1 aliphatic rings. The third-order valence-electron chi connectivity index (χ3n) is 7.21. The van der Waals surface area contributed by atoms with Crippen molar-refractivity contribution in [1.29, 1.82) is 0 Å². The zero-order valence-corrected chi connectivity index (χ0v) is 25.2. The first-order valence-electron chi connectivity index (χ1n) is 14.1. The van der Waals surface area contributed by atoms with Crippen molar-refractivity contribution in [3.8, 4) is 11.5 Å². The number of Topliss-reactive ketones (excluding diaryl/α,β-unsaturated/α-hetero) is 1. The van der Waals surface area contributed by atoms with Gasteiger partial charge in [-0.05, 0) is 73.9 Å². The summed E-state index contributed by atoms with van der Waals surface area (Å²) in [6.07, 6.45) is 7.19. The van der Waals surface area contributed by atoms with Crippen LogP contribution in [0.3, 0.4) is 0 Å². The molecule has 9 nitrogen and oxygen atoms in total. The molecule has 3 aromatic rings. The molecule has 1 amide bonds. The summed E-state index contributed by atoms with van der Waals surface area (Å²) in [5.41, 5.74) is 3.06. The van der Waals surface area contributed by atoms with Crippen LogP contribution in [-0.4, -0.2) is 65.9 Å². The summed E-state index contributed by atoms with van der Waals surface area (Å²) in [6, 6.07) is 16.1. The normalized spacial score (nSPS) is 14.4. The highest BCUT2D eigenvalue weighted by atomic mass is 16.5. The molecule has 1 aliphatic heterocycles. The number of hydrogen-bond acceptors (Lipinski definition) is 7. The van der Waals surface area contributed by atoms with E-state index in [1.165, 1.54) is 25.2 Å². The lowest BCUT2D eigenvalue weighted by Gasteiger charge is -2.26. The predicted molar refractivity (Wildman–Crippen MR) is 165 cm³/mol. The molecule has 43 heavy (non-hydrogen) atoms. The van der Waals surface area contributed by atoms with E-state index in [-0.39, 0.29) is 17.1 Å². The average molecular weight is 591 g/mol. The Morgan fingerprint density at radius 3 is 2.40 bits per heavy atom. The second kappa shape index (κ2) is 17.5. The summed E-state index contributed by atoms with van der Waals surface area (Å²) in [5.74, 6) is -1.01. The Morgan fingerprint density at radius 1 is 1.02 bits per heavy atom. The molecule has 2 N–H and O–H groups in total. The summed E-state index contributed by atoms with van der Waals surface area (Å²) >= 11 is 0. The van der Waals surface area contributed by atoms with Crippen molar-refractivity contribution in [2.75, 3.05) is 20.8 Å². The Labute approximate surface area is 253 Å². The Hall–Kier alpha value is -4.50. The number of ether oxygens (including phenoxy) is 3. The molecule has 1 aromatic heterocycles. The first kappa shape index (κ1) is 34.7.